The van der Waals surface area contributed by atoms with Crippen LogP contribution < -0.4 is 0 Å². The standard InChI is InChI=1S/C41H43IN4O4/c1-8-27-20(2)30-18-35-38(24(6)50-19-25-10-9-11-26(42)14-25)22(4)32(44-35)16-31-21(3)28(12-13-37(48)49-7)40(45-31)29-15-36(47)39-23(5)33(46-41(29)39)17-34(27)43-30/h9-11,14,16-18,20,24,27,44,46H,8,12-13,15,19H2,1-7H3/t20-,24?,27-/m1/s1. The monoisotopic (exact) mass is 782 g/mol. The number of halogens is 1. The van der Waals surface area contributed by atoms with Crippen molar-refractivity contribution in [2.75, 3.05) is 7.11 Å². The van der Waals surface area contributed by atoms with Crippen molar-refractivity contribution in [3.05, 3.63) is 102 Å². The van der Waals surface area contributed by atoms with Gasteiger partial charge in [0.05, 0.1) is 36.7 Å². The van der Waals surface area contributed by atoms with Crippen molar-refractivity contribution >= 4 is 67.6 Å². The van der Waals surface area contributed by atoms with E-state index in [4.69, 9.17) is 19.4 Å². The number of ether oxygens (including phenoxy) is 2. The molecule has 1 aromatic carbocycles. The summed E-state index contributed by atoms with van der Waals surface area (Å²) in [7, 11) is 1.41. The number of benzene rings is 1. The van der Waals surface area contributed by atoms with Crippen molar-refractivity contribution in [3.63, 3.8) is 0 Å². The number of fused-ring (bicyclic) bond motifs is 8. The summed E-state index contributed by atoms with van der Waals surface area (Å²) in [6, 6.07) is 14.8. The molecule has 3 atom stereocenters. The summed E-state index contributed by atoms with van der Waals surface area (Å²) < 4.78 is 12.7. The topological polar surface area (TPSA) is 110 Å². The molecule has 3 aromatic heterocycles. The van der Waals surface area contributed by atoms with E-state index in [0.29, 0.717) is 13.0 Å². The van der Waals surface area contributed by atoms with Crippen LogP contribution in [0.5, 0.6) is 0 Å². The van der Waals surface area contributed by atoms with Crippen LogP contribution in [0.4, 0.5) is 0 Å². The van der Waals surface area contributed by atoms with Gasteiger partial charge in [-0.25, -0.2) is 4.98 Å². The number of rotatable bonds is 8. The van der Waals surface area contributed by atoms with Gasteiger partial charge >= 0.3 is 5.97 Å². The number of aryl methyl sites for hydroxylation is 2. The molecular weight excluding hydrogens is 739 g/mol. The fourth-order valence-corrected chi connectivity index (χ4v) is 8.57. The average Bonchev–Trinajstić information content (AvgIpc) is 3.85. The van der Waals surface area contributed by atoms with Crippen LogP contribution >= 0.6 is 22.6 Å². The highest BCUT2D eigenvalue weighted by Crippen LogP contribution is 2.43. The number of aromatic nitrogens is 4. The zero-order valence-electron chi connectivity index (χ0n) is 29.7. The summed E-state index contributed by atoms with van der Waals surface area (Å²) in [6.45, 7) is 13.3. The van der Waals surface area contributed by atoms with Crippen LogP contribution in [0.25, 0.3) is 33.2 Å². The first kappa shape index (κ1) is 34.4. The molecule has 3 aliphatic rings. The van der Waals surface area contributed by atoms with E-state index in [1.807, 2.05) is 6.92 Å². The molecule has 258 valence electrons. The molecule has 2 N–H and O–H groups in total. The third kappa shape index (κ3) is 6.02. The maximum absolute atomic E-state index is 13.6. The lowest BCUT2D eigenvalue weighted by Gasteiger charge is -2.15. The zero-order chi connectivity index (χ0) is 35.4. The van der Waals surface area contributed by atoms with Gasteiger partial charge in [-0.05, 0) is 121 Å². The summed E-state index contributed by atoms with van der Waals surface area (Å²) in [6.07, 6.45) is 1.69. The minimum atomic E-state index is -0.279. The lowest BCUT2D eigenvalue weighted by molar-refractivity contribution is -0.140. The Morgan fingerprint density at radius 2 is 1.78 bits per heavy atom. The number of nitrogens with zero attached hydrogens (tertiary/aromatic N) is 2. The van der Waals surface area contributed by atoms with Gasteiger partial charge in [-0.1, -0.05) is 26.0 Å². The summed E-state index contributed by atoms with van der Waals surface area (Å²) in [4.78, 5) is 43.8. The number of methoxy groups -OCH3 is 1. The second kappa shape index (κ2) is 13.6. The maximum atomic E-state index is 13.6. The van der Waals surface area contributed by atoms with Crippen molar-refractivity contribution in [3.8, 4) is 0 Å². The smallest absolute Gasteiger partial charge is 0.305 e. The van der Waals surface area contributed by atoms with Gasteiger partial charge in [0, 0.05) is 72.9 Å². The largest absolute Gasteiger partial charge is 0.469 e. The van der Waals surface area contributed by atoms with Gasteiger partial charge in [-0.2, -0.15) is 0 Å². The zero-order valence-corrected chi connectivity index (χ0v) is 31.9. The first-order valence-corrected chi connectivity index (χ1v) is 18.5. The molecule has 0 spiro atoms. The molecule has 50 heavy (non-hydrogen) atoms. The van der Waals surface area contributed by atoms with Gasteiger partial charge in [0.25, 0.3) is 0 Å². The van der Waals surface area contributed by atoms with Gasteiger partial charge in [0.2, 0.25) is 0 Å². The lowest BCUT2D eigenvalue weighted by atomic mass is 9.89. The Kier molecular flexibility index (Phi) is 9.32. The van der Waals surface area contributed by atoms with Crippen LogP contribution in [-0.4, -0.2) is 38.8 Å². The molecule has 8 bridgehead atoms. The molecule has 0 saturated carbocycles. The number of esters is 1. The van der Waals surface area contributed by atoms with Crippen LogP contribution in [0, 0.1) is 17.4 Å². The van der Waals surface area contributed by atoms with Crippen LogP contribution in [0.1, 0.15) is 126 Å². The Labute approximate surface area is 306 Å². The first-order chi connectivity index (χ1) is 24.0. The number of allylic oxidation sites excluding steroid dienone is 2. The van der Waals surface area contributed by atoms with Gasteiger partial charge in [0.1, 0.15) is 0 Å². The van der Waals surface area contributed by atoms with Gasteiger partial charge in [-0.3, -0.25) is 14.6 Å². The fourth-order valence-electron chi connectivity index (χ4n) is 7.96. The molecular formula is C41H43IN4O4. The maximum Gasteiger partial charge on any atom is 0.305 e. The summed E-state index contributed by atoms with van der Waals surface area (Å²) in [5.74, 6) is 0.244. The molecule has 0 fully saturated rings. The number of nitrogens with one attached hydrogen (secondary N) is 2. The van der Waals surface area contributed by atoms with Crippen molar-refractivity contribution in [2.24, 2.45) is 0 Å². The second-order valence-electron chi connectivity index (χ2n) is 13.8. The van der Waals surface area contributed by atoms with Crippen LogP contribution in [0.15, 0.2) is 42.5 Å². The third-order valence-electron chi connectivity index (χ3n) is 10.8. The van der Waals surface area contributed by atoms with Crippen molar-refractivity contribution in [1.82, 2.24) is 19.9 Å². The van der Waals surface area contributed by atoms with Crippen LogP contribution in [0.3, 0.4) is 0 Å². The van der Waals surface area contributed by atoms with E-state index in [0.717, 1.165) is 95.8 Å². The van der Waals surface area contributed by atoms with E-state index in [2.05, 4.69) is 110 Å². The summed E-state index contributed by atoms with van der Waals surface area (Å²) >= 11 is 2.33. The molecule has 0 amide bonds. The molecule has 2 aliphatic heterocycles. The quantitative estimate of drug-likeness (QED) is 0.136. The number of H-pyrrole nitrogens is 2. The van der Waals surface area contributed by atoms with E-state index >= 15 is 0 Å². The average molecular weight is 783 g/mol. The van der Waals surface area contributed by atoms with Crippen molar-refractivity contribution < 1.29 is 19.1 Å². The Hall–Kier alpha value is -4.09. The van der Waals surface area contributed by atoms with Crippen molar-refractivity contribution in [1.29, 1.82) is 0 Å². The SMILES string of the molecule is CC[C@H]1c2cc3[nH]c4c(c5nc(cc6[nH]c(cc(n2)[C@@H]1C)c(C(C)OCc1cccc(I)c1)c6C)C(C)=C5CCC(=O)OC)CC(=O)c4c3C. The van der Waals surface area contributed by atoms with Gasteiger partial charge < -0.3 is 19.4 Å². The van der Waals surface area contributed by atoms with Gasteiger partial charge in [-0.15, -0.1) is 0 Å². The molecule has 1 aliphatic carbocycles. The Morgan fingerprint density at radius 3 is 2.52 bits per heavy atom. The van der Waals surface area contributed by atoms with Crippen molar-refractivity contribution in [2.45, 2.75) is 91.8 Å². The van der Waals surface area contributed by atoms with E-state index < -0.39 is 0 Å². The number of carbonyl (C=O) groups is 2. The van der Waals surface area contributed by atoms with Crippen LogP contribution in [0.2, 0.25) is 0 Å². The van der Waals surface area contributed by atoms with E-state index in [1.165, 1.54) is 10.7 Å². The first-order valence-electron chi connectivity index (χ1n) is 17.4. The number of hydrogen-bond acceptors (Lipinski definition) is 6. The molecule has 4 aromatic rings. The minimum absolute atomic E-state index is 0.0812. The predicted octanol–water partition coefficient (Wildman–Crippen LogP) is 9.73. The van der Waals surface area contributed by atoms with E-state index in [1.54, 1.807) is 0 Å². The summed E-state index contributed by atoms with van der Waals surface area (Å²) in [5, 5.41) is 0. The number of ketones is 1. The number of aromatic amines is 2. The Bertz CT molecular complexity index is 2260. The number of hydrogen-bond donors (Lipinski definition) is 2. The molecule has 9 heteroatoms. The summed E-state index contributed by atoms with van der Waals surface area (Å²) in [5.41, 5.74) is 15.0. The molecule has 1 unspecified atom stereocenters. The minimum Gasteiger partial charge on any atom is -0.469 e. The molecule has 8 nitrogen and oxygen atoms in total. The lowest BCUT2D eigenvalue weighted by Crippen LogP contribution is -2.02. The number of Topliss-reactive ketones (excluding diaryl/α,β-unsaturated/α-hetero) is 1. The normalized spacial score (nSPS) is 17.5. The fraction of sp³-hybridized carbons (Fsp3) is 0.366. The Balaban J connectivity index is 1.50. The highest BCUT2D eigenvalue weighted by Gasteiger charge is 2.32. The highest BCUT2D eigenvalue weighted by molar-refractivity contribution is 14.1. The molecule has 5 heterocycles. The third-order valence-corrected chi connectivity index (χ3v) is 11.5. The predicted molar refractivity (Wildman–Crippen MR) is 206 cm³/mol. The highest BCUT2D eigenvalue weighted by atomic mass is 127. The Morgan fingerprint density at radius 1 is 1.02 bits per heavy atom. The molecule has 0 saturated heterocycles. The van der Waals surface area contributed by atoms with Crippen LogP contribution in [-0.2, 0) is 27.3 Å². The number of carbonyl (C=O) groups excluding carboxylic acids is 2. The second-order valence-corrected chi connectivity index (χ2v) is 15.0. The molecule has 0 radical (unpaired) electrons. The van der Waals surface area contributed by atoms with Gasteiger partial charge in [0.15, 0.2) is 5.78 Å². The van der Waals surface area contributed by atoms with E-state index in [9.17, 15) is 9.59 Å². The molecule has 7 rings (SSSR count). The van der Waals surface area contributed by atoms with E-state index in [-0.39, 0.29) is 42.5 Å².